The average Bonchev–Trinajstić information content (AvgIpc) is 2.07. The van der Waals surface area contributed by atoms with Gasteiger partial charge < -0.3 is 4.74 Å². The lowest BCUT2D eigenvalue weighted by molar-refractivity contribution is -0.117. The summed E-state index contributed by atoms with van der Waals surface area (Å²) in [7, 11) is 0. The predicted molar refractivity (Wildman–Crippen MR) is 47.7 cm³/mol. The van der Waals surface area contributed by atoms with E-state index in [9.17, 15) is 4.79 Å². The molecule has 0 amide bonds. The molecule has 0 spiro atoms. The topological polar surface area (TPSA) is 26.3 Å². The molecule has 2 nitrogen and oxygen atoms in total. The van der Waals surface area contributed by atoms with Gasteiger partial charge in [0.05, 0.1) is 12.9 Å². The highest BCUT2D eigenvalue weighted by Crippen LogP contribution is 2.25. The summed E-state index contributed by atoms with van der Waals surface area (Å²) < 4.78 is 5.11. The molecular weight excluding hydrogens is 152 g/mol. The van der Waals surface area contributed by atoms with Crippen molar-refractivity contribution < 1.29 is 9.53 Å². The van der Waals surface area contributed by atoms with Gasteiger partial charge in [0.1, 0.15) is 0 Å². The van der Waals surface area contributed by atoms with Gasteiger partial charge in [-0.2, -0.15) is 0 Å². The second-order valence-electron chi connectivity index (χ2n) is 3.37. The summed E-state index contributed by atoms with van der Waals surface area (Å²) >= 11 is 0. The van der Waals surface area contributed by atoms with Gasteiger partial charge in [0, 0.05) is 12.0 Å². The first kappa shape index (κ1) is 9.30. The van der Waals surface area contributed by atoms with Crippen molar-refractivity contribution >= 4 is 5.78 Å². The molecule has 0 radical (unpaired) electrons. The van der Waals surface area contributed by atoms with Crippen LogP contribution in [0.5, 0.6) is 0 Å². The van der Waals surface area contributed by atoms with Gasteiger partial charge in [-0.15, -0.1) is 0 Å². The minimum Gasteiger partial charge on any atom is -0.501 e. The van der Waals surface area contributed by atoms with Crippen LogP contribution in [0.4, 0.5) is 0 Å². The lowest BCUT2D eigenvalue weighted by Gasteiger charge is -2.18. The Morgan fingerprint density at radius 1 is 1.67 bits per heavy atom. The van der Waals surface area contributed by atoms with Crippen molar-refractivity contribution in [2.75, 3.05) is 6.61 Å². The number of Topliss-reactive ketones (excluding diaryl/α,β-unsaturated/α-hetero) is 1. The van der Waals surface area contributed by atoms with Gasteiger partial charge in [-0.1, -0.05) is 6.92 Å². The van der Waals surface area contributed by atoms with E-state index in [2.05, 4.69) is 6.92 Å². The molecule has 0 aromatic carbocycles. The van der Waals surface area contributed by atoms with Crippen molar-refractivity contribution in [2.45, 2.75) is 33.1 Å². The molecule has 12 heavy (non-hydrogen) atoms. The van der Waals surface area contributed by atoms with Gasteiger partial charge >= 0.3 is 0 Å². The van der Waals surface area contributed by atoms with Gasteiger partial charge in [0.2, 0.25) is 0 Å². The molecule has 1 rings (SSSR count). The molecule has 0 saturated heterocycles. The third kappa shape index (κ3) is 2.36. The fraction of sp³-hybridized carbons (Fsp3) is 0.700. The second-order valence-corrected chi connectivity index (χ2v) is 3.37. The summed E-state index contributed by atoms with van der Waals surface area (Å²) in [5.74, 6) is 0.899. The van der Waals surface area contributed by atoms with Crippen LogP contribution in [-0.4, -0.2) is 12.4 Å². The van der Waals surface area contributed by atoms with Crippen LogP contribution in [0, 0.1) is 5.92 Å². The third-order valence-electron chi connectivity index (χ3n) is 2.18. The second kappa shape index (κ2) is 4.29. The van der Waals surface area contributed by atoms with Gasteiger partial charge in [0.15, 0.2) is 5.78 Å². The number of ketones is 1. The summed E-state index contributed by atoms with van der Waals surface area (Å²) in [5.41, 5.74) is 0.871. The highest BCUT2D eigenvalue weighted by molar-refractivity contribution is 5.95. The van der Waals surface area contributed by atoms with E-state index in [1.807, 2.05) is 6.92 Å². The van der Waals surface area contributed by atoms with Crippen LogP contribution in [0.25, 0.3) is 0 Å². The molecule has 0 aromatic heterocycles. The monoisotopic (exact) mass is 168 g/mol. The van der Waals surface area contributed by atoms with E-state index in [1.165, 1.54) is 0 Å². The lowest BCUT2D eigenvalue weighted by atomic mass is 9.86. The fourth-order valence-electron chi connectivity index (χ4n) is 1.43. The summed E-state index contributed by atoms with van der Waals surface area (Å²) in [6, 6.07) is 0. The summed E-state index contributed by atoms with van der Waals surface area (Å²) in [4.78, 5) is 11.3. The van der Waals surface area contributed by atoms with Crippen molar-refractivity contribution in [1.29, 1.82) is 0 Å². The van der Waals surface area contributed by atoms with E-state index < -0.39 is 0 Å². The molecule has 68 valence electrons. The molecule has 2 heteroatoms. The number of hydrogen-bond donors (Lipinski definition) is 0. The SMILES string of the molecule is CCO/C=C1\CC(C)CCC1=O. The maximum absolute atomic E-state index is 11.3. The molecule has 0 N–H and O–H groups in total. The number of hydrogen-bond acceptors (Lipinski definition) is 2. The summed E-state index contributed by atoms with van der Waals surface area (Å²) in [5, 5.41) is 0. The summed E-state index contributed by atoms with van der Waals surface area (Å²) in [6.45, 7) is 4.74. The van der Waals surface area contributed by atoms with E-state index in [0.717, 1.165) is 18.4 Å². The van der Waals surface area contributed by atoms with Crippen LogP contribution >= 0.6 is 0 Å². The van der Waals surface area contributed by atoms with Crippen LogP contribution in [0.2, 0.25) is 0 Å². The predicted octanol–water partition coefficient (Wildman–Crippen LogP) is 2.30. The smallest absolute Gasteiger partial charge is 0.161 e. The highest BCUT2D eigenvalue weighted by atomic mass is 16.5. The molecule has 1 atom stereocenters. The highest BCUT2D eigenvalue weighted by Gasteiger charge is 2.20. The van der Waals surface area contributed by atoms with Crippen molar-refractivity contribution in [1.82, 2.24) is 0 Å². The lowest BCUT2D eigenvalue weighted by Crippen LogP contribution is -2.15. The maximum Gasteiger partial charge on any atom is 0.161 e. The third-order valence-corrected chi connectivity index (χ3v) is 2.18. The Hall–Kier alpha value is -0.790. The van der Waals surface area contributed by atoms with E-state index >= 15 is 0 Å². The summed E-state index contributed by atoms with van der Waals surface area (Å²) in [6.07, 6.45) is 4.25. The first-order valence-corrected chi connectivity index (χ1v) is 4.58. The van der Waals surface area contributed by atoms with Crippen LogP contribution in [-0.2, 0) is 9.53 Å². The Morgan fingerprint density at radius 2 is 2.42 bits per heavy atom. The number of allylic oxidation sites excluding steroid dienone is 1. The number of carbonyl (C=O) groups is 1. The van der Waals surface area contributed by atoms with E-state index in [-0.39, 0.29) is 5.78 Å². The van der Waals surface area contributed by atoms with Crippen molar-refractivity contribution in [3.63, 3.8) is 0 Å². The molecule has 1 unspecified atom stereocenters. The van der Waals surface area contributed by atoms with Crippen LogP contribution in [0.1, 0.15) is 33.1 Å². The molecular formula is C10H16O2. The molecule has 1 fully saturated rings. The molecule has 0 bridgehead atoms. The molecule has 0 heterocycles. The Morgan fingerprint density at radius 3 is 3.08 bits per heavy atom. The van der Waals surface area contributed by atoms with Gasteiger partial charge in [-0.3, -0.25) is 4.79 Å². The van der Waals surface area contributed by atoms with E-state index in [0.29, 0.717) is 18.9 Å². The first-order valence-electron chi connectivity index (χ1n) is 4.58. The molecule has 0 aromatic rings. The minimum absolute atomic E-state index is 0.265. The number of rotatable bonds is 2. The van der Waals surface area contributed by atoms with Crippen LogP contribution in [0.3, 0.4) is 0 Å². The normalized spacial score (nSPS) is 27.7. The molecule has 1 aliphatic rings. The van der Waals surface area contributed by atoms with E-state index in [4.69, 9.17) is 4.74 Å². The average molecular weight is 168 g/mol. The maximum atomic E-state index is 11.3. The van der Waals surface area contributed by atoms with Crippen LogP contribution in [0.15, 0.2) is 11.8 Å². The quantitative estimate of drug-likeness (QED) is 0.467. The van der Waals surface area contributed by atoms with Crippen molar-refractivity contribution in [3.8, 4) is 0 Å². The minimum atomic E-state index is 0.265. The molecule has 0 aliphatic heterocycles. The van der Waals surface area contributed by atoms with Crippen LogP contribution < -0.4 is 0 Å². The zero-order chi connectivity index (χ0) is 8.97. The zero-order valence-electron chi connectivity index (χ0n) is 7.80. The number of ether oxygens (including phenoxy) is 1. The first-order chi connectivity index (χ1) is 5.74. The molecule has 1 aliphatic carbocycles. The molecule has 1 saturated carbocycles. The Bertz CT molecular complexity index is 194. The van der Waals surface area contributed by atoms with Gasteiger partial charge in [-0.25, -0.2) is 0 Å². The largest absolute Gasteiger partial charge is 0.501 e. The Kier molecular flexibility index (Phi) is 3.32. The fourth-order valence-corrected chi connectivity index (χ4v) is 1.43. The van der Waals surface area contributed by atoms with Crippen molar-refractivity contribution in [2.24, 2.45) is 5.92 Å². The number of carbonyl (C=O) groups excluding carboxylic acids is 1. The van der Waals surface area contributed by atoms with Crippen molar-refractivity contribution in [3.05, 3.63) is 11.8 Å². The zero-order valence-corrected chi connectivity index (χ0v) is 7.80. The van der Waals surface area contributed by atoms with E-state index in [1.54, 1.807) is 6.26 Å². The van der Waals surface area contributed by atoms with Gasteiger partial charge in [0.25, 0.3) is 0 Å². The standard InChI is InChI=1S/C10H16O2/c1-3-12-7-9-6-8(2)4-5-10(9)11/h7-8H,3-6H2,1-2H3/b9-7+. The Labute approximate surface area is 73.6 Å². The Balaban J connectivity index is 2.54. The van der Waals surface area contributed by atoms with Gasteiger partial charge in [-0.05, 0) is 25.7 Å².